The Kier molecular flexibility index (Phi) is 7.77. The zero-order chi connectivity index (χ0) is 19.3. The van der Waals surface area contributed by atoms with Gasteiger partial charge < -0.3 is 5.11 Å². The smallest absolute Gasteiger partial charge is 0.330 e. The van der Waals surface area contributed by atoms with E-state index in [1.807, 2.05) is 0 Å². The van der Waals surface area contributed by atoms with Crippen LogP contribution in [0, 0.1) is 0 Å². The van der Waals surface area contributed by atoms with Crippen LogP contribution < -0.4 is 0 Å². The largest absolute Gasteiger partial charge is 0.390 e. The first-order valence-corrected chi connectivity index (χ1v) is 8.49. The topological polar surface area (TPSA) is 37.3 Å². The molecule has 2 aromatic rings. The zero-order valence-electron chi connectivity index (χ0n) is 12.9. The number of benzene rings is 2. The predicted octanol–water partition coefficient (Wildman–Crippen LogP) is 5.66. The maximum Gasteiger partial charge on any atom is 0.330 e. The van der Waals surface area contributed by atoms with Crippen LogP contribution in [0.4, 0.5) is 17.6 Å². The number of ketones is 1. The monoisotopic (exact) mass is 484 g/mol. The van der Waals surface area contributed by atoms with Gasteiger partial charge in [0.25, 0.3) is 5.92 Å². The highest BCUT2D eigenvalue weighted by molar-refractivity contribution is 9.10. The summed E-state index contributed by atoms with van der Waals surface area (Å²) in [5, 5.41) is 8.37. The van der Waals surface area contributed by atoms with Gasteiger partial charge in [-0.3, -0.25) is 4.79 Å². The lowest BCUT2D eigenvalue weighted by atomic mass is 10.1. The molecule has 2 rings (SSSR count). The molecular weight excluding hydrogens is 472 g/mol. The molecular formula is C17H14Br2F4O2. The highest BCUT2D eigenvalue weighted by Crippen LogP contribution is 2.30. The van der Waals surface area contributed by atoms with E-state index in [9.17, 15) is 22.4 Å². The molecule has 0 aliphatic heterocycles. The SMILES string of the molecule is CC(=O)C(F)(F)c1cccc(Br)c1.OCC(F)(F)c1cccc(Br)c1. The molecule has 0 aromatic heterocycles. The van der Waals surface area contributed by atoms with E-state index in [-0.39, 0.29) is 11.1 Å². The summed E-state index contributed by atoms with van der Waals surface area (Å²) in [5.41, 5.74) is -0.464. The third kappa shape index (κ3) is 6.20. The first kappa shape index (κ1) is 21.8. The first-order chi connectivity index (χ1) is 11.5. The van der Waals surface area contributed by atoms with E-state index in [0.717, 1.165) is 6.92 Å². The summed E-state index contributed by atoms with van der Waals surface area (Å²) < 4.78 is 52.9. The predicted molar refractivity (Wildman–Crippen MR) is 93.8 cm³/mol. The van der Waals surface area contributed by atoms with Gasteiger partial charge in [-0.1, -0.05) is 56.1 Å². The van der Waals surface area contributed by atoms with Crippen molar-refractivity contribution in [3.63, 3.8) is 0 Å². The number of aliphatic hydroxyl groups is 1. The van der Waals surface area contributed by atoms with E-state index in [2.05, 4.69) is 31.9 Å². The van der Waals surface area contributed by atoms with E-state index >= 15 is 0 Å². The number of hydrogen-bond donors (Lipinski definition) is 1. The van der Waals surface area contributed by atoms with Crippen molar-refractivity contribution < 1.29 is 27.5 Å². The highest BCUT2D eigenvalue weighted by Gasteiger charge is 2.37. The zero-order valence-corrected chi connectivity index (χ0v) is 16.1. The maximum atomic E-state index is 13.1. The van der Waals surface area contributed by atoms with Crippen molar-refractivity contribution in [2.45, 2.75) is 18.8 Å². The Hall–Kier alpha value is -1.25. The normalized spacial score (nSPS) is 11.5. The number of halogens is 6. The molecule has 0 radical (unpaired) electrons. The van der Waals surface area contributed by atoms with Gasteiger partial charge >= 0.3 is 5.92 Å². The van der Waals surface area contributed by atoms with Crippen molar-refractivity contribution in [3.8, 4) is 0 Å². The quantitative estimate of drug-likeness (QED) is 0.567. The second-order valence-electron chi connectivity index (χ2n) is 5.01. The van der Waals surface area contributed by atoms with Gasteiger partial charge in [0.2, 0.25) is 5.78 Å². The van der Waals surface area contributed by atoms with E-state index in [1.54, 1.807) is 12.1 Å². The molecule has 0 unspecified atom stereocenters. The Labute approximate surface area is 159 Å². The molecule has 25 heavy (non-hydrogen) atoms. The average molecular weight is 486 g/mol. The molecule has 0 atom stereocenters. The molecule has 1 N–H and O–H groups in total. The van der Waals surface area contributed by atoms with Gasteiger partial charge in [0.05, 0.1) is 0 Å². The maximum absolute atomic E-state index is 13.1. The number of aliphatic hydroxyl groups excluding tert-OH is 1. The van der Waals surface area contributed by atoms with Crippen molar-refractivity contribution in [1.29, 1.82) is 0 Å². The third-order valence-electron chi connectivity index (χ3n) is 3.07. The van der Waals surface area contributed by atoms with Crippen molar-refractivity contribution in [1.82, 2.24) is 0 Å². The fourth-order valence-corrected chi connectivity index (χ4v) is 2.49. The molecule has 0 fully saturated rings. The molecule has 0 heterocycles. The number of Topliss-reactive ketones (excluding diaryl/α,β-unsaturated/α-hetero) is 1. The van der Waals surface area contributed by atoms with Gasteiger partial charge in [-0.15, -0.1) is 0 Å². The summed E-state index contributed by atoms with van der Waals surface area (Å²) in [4.78, 5) is 10.6. The minimum Gasteiger partial charge on any atom is -0.390 e. The number of rotatable bonds is 4. The van der Waals surface area contributed by atoms with Crippen molar-refractivity contribution in [2.24, 2.45) is 0 Å². The summed E-state index contributed by atoms with van der Waals surface area (Å²) in [5.74, 6) is -7.68. The standard InChI is InChI=1S/C9H7BrF2O.C8H7BrF2O/c1-6(13)9(11,12)7-3-2-4-8(10)5-7;9-7-3-1-2-6(4-7)8(10,11)5-12/h2-5H,1H3;1-4,12H,5H2. The average Bonchev–Trinajstić information content (AvgIpc) is 2.55. The van der Waals surface area contributed by atoms with E-state index in [4.69, 9.17) is 5.11 Å². The van der Waals surface area contributed by atoms with Crippen LogP contribution in [0.25, 0.3) is 0 Å². The van der Waals surface area contributed by atoms with Crippen LogP contribution in [0.2, 0.25) is 0 Å². The van der Waals surface area contributed by atoms with Crippen LogP contribution in [0.3, 0.4) is 0 Å². The Morgan fingerprint density at radius 2 is 1.40 bits per heavy atom. The van der Waals surface area contributed by atoms with Crippen LogP contribution in [0.15, 0.2) is 57.5 Å². The van der Waals surface area contributed by atoms with Crippen LogP contribution in [-0.4, -0.2) is 17.5 Å². The van der Waals surface area contributed by atoms with Crippen molar-refractivity contribution in [3.05, 3.63) is 68.6 Å². The number of carbonyl (C=O) groups is 1. The molecule has 2 nitrogen and oxygen atoms in total. The molecule has 0 saturated carbocycles. The van der Waals surface area contributed by atoms with Gasteiger partial charge in [-0.2, -0.15) is 17.6 Å². The van der Waals surface area contributed by atoms with E-state index < -0.39 is 24.2 Å². The first-order valence-electron chi connectivity index (χ1n) is 6.90. The lowest BCUT2D eigenvalue weighted by molar-refractivity contribution is -0.141. The van der Waals surface area contributed by atoms with E-state index in [0.29, 0.717) is 8.95 Å². The third-order valence-corrected chi connectivity index (χ3v) is 4.06. The molecule has 0 aliphatic carbocycles. The molecule has 2 aromatic carbocycles. The molecule has 0 aliphatic rings. The molecule has 0 amide bonds. The van der Waals surface area contributed by atoms with Gasteiger partial charge in [-0.25, -0.2) is 0 Å². The number of hydrogen-bond acceptors (Lipinski definition) is 2. The molecule has 0 spiro atoms. The summed E-state index contributed by atoms with van der Waals surface area (Å²) in [7, 11) is 0. The molecule has 0 saturated heterocycles. The summed E-state index contributed by atoms with van der Waals surface area (Å²) in [6.45, 7) is -0.287. The van der Waals surface area contributed by atoms with Crippen LogP contribution >= 0.6 is 31.9 Å². The lowest BCUT2D eigenvalue weighted by Crippen LogP contribution is -2.22. The second-order valence-corrected chi connectivity index (χ2v) is 6.85. The fourth-order valence-electron chi connectivity index (χ4n) is 1.69. The van der Waals surface area contributed by atoms with Gasteiger partial charge in [0.1, 0.15) is 6.61 Å². The summed E-state index contributed by atoms with van der Waals surface area (Å²) in [6.07, 6.45) is 0. The van der Waals surface area contributed by atoms with Gasteiger partial charge in [0, 0.05) is 27.0 Å². The Morgan fingerprint density at radius 3 is 1.80 bits per heavy atom. The molecule has 0 bridgehead atoms. The highest BCUT2D eigenvalue weighted by atomic mass is 79.9. The minimum absolute atomic E-state index is 0.181. The van der Waals surface area contributed by atoms with Crippen LogP contribution in [0.5, 0.6) is 0 Å². The van der Waals surface area contributed by atoms with Crippen molar-refractivity contribution in [2.75, 3.05) is 6.61 Å². The van der Waals surface area contributed by atoms with Crippen LogP contribution in [-0.2, 0) is 16.6 Å². The van der Waals surface area contributed by atoms with E-state index in [1.165, 1.54) is 36.4 Å². The Morgan fingerprint density at radius 1 is 0.960 bits per heavy atom. The Balaban J connectivity index is 0.000000251. The minimum atomic E-state index is -3.39. The number of carbonyl (C=O) groups excluding carboxylic acids is 1. The fraction of sp³-hybridized carbons (Fsp3) is 0.235. The van der Waals surface area contributed by atoms with Crippen LogP contribution in [0.1, 0.15) is 18.1 Å². The van der Waals surface area contributed by atoms with Crippen molar-refractivity contribution >= 4 is 37.6 Å². The second kappa shape index (κ2) is 8.91. The number of alkyl halides is 4. The molecule has 8 heteroatoms. The lowest BCUT2D eigenvalue weighted by Gasteiger charge is -2.13. The van der Waals surface area contributed by atoms with Gasteiger partial charge in [-0.05, 0) is 24.3 Å². The molecule has 136 valence electrons. The summed E-state index contributed by atoms with van der Waals surface area (Å²) in [6, 6.07) is 11.3. The Bertz CT molecular complexity index is 736. The van der Waals surface area contributed by atoms with Gasteiger partial charge in [0.15, 0.2) is 0 Å². The summed E-state index contributed by atoms with van der Waals surface area (Å²) >= 11 is 6.13.